The molecule has 0 aliphatic rings. The van der Waals surface area contributed by atoms with Crippen molar-refractivity contribution in [2.24, 2.45) is 17.2 Å². The topological polar surface area (TPSA) is 317 Å². The molecule has 8 atom stereocenters. The molecule has 4 aromatic rings. The zero-order valence-electron chi connectivity index (χ0n) is 34.6. The van der Waals surface area contributed by atoms with Gasteiger partial charge in [-0.1, -0.05) is 107 Å². The van der Waals surface area contributed by atoms with Crippen molar-refractivity contribution in [1.29, 1.82) is 0 Å². The molecule has 0 bridgehead atoms. The molecule has 0 unspecified atom stereocenters. The number of primary amides is 1. The summed E-state index contributed by atoms with van der Waals surface area (Å²) in [6, 6.07) is 16.5. The molecule has 1 aromatic heterocycles. The Bertz CT molecular complexity index is 2180. The first-order chi connectivity index (χ1) is 30.1. The molecule has 63 heavy (non-hydrogen) atoms. The number of aliphatic hydroxyl groups excluding tert-OH is 3. The van der Waals surface area contributed by atoms with Gasteiger partial charge in [-0.2, -0.15) is 0 Å². The Morgan fingerprint density at radius 3 is 1.71 bits per heavy atom. The summed E-state index contributed by atoms with van der Waals surface area (Å²) in [5.41, 5.74) is 20.8. The second kappa shape index (κ2) is 24.7. The van der Waals surface area contributed by atoms with Gasteiger partial charge in [0, 0.05) is 41.4 Å². The maximum absolute atomic E-state index is 14.2. The van der Waals surface area contributed by atoms with Gasteiger partial charge in [-0.05, 0) is 36.1 Å². The molecule has 6 amide bonds. The van der Waals surface area contributed by atoms with E-state index < -0.39 is 96.2 Å². The number of carbonyl (C=O) groups excluding carboxylic acids is 6. The fraction of sp³-hybridized carbons (Fsp3) is 0.349. The molecule has 18 nitrogen and oxygen atoms in total. The second-order valence-corrected chi connectivity index (χ2v) is 17.3. The van der Waals surface area contributed by atoms with Crippen molar-refractivity contribution in [3.63, 3.8) is 0 Å². The highest BCUT2D eigenvalue weighted by atomic mass is 33.1. The van der Waals surface area contributed by atoms with Crippen molar-refractivity contribution in [3.8, 4) is 0 Å². The van der Waals surface area contributed by atoms with Gasteiger partial charge in [0.25, 0.3) is 0 Å². The number of fused-ring (bicyclic) bond motifs is 1. The summed E-state index contributed by atoms with van der Waals surface area (Å²) in [7, 11) is 2.05. The quantitative estimate of drug-likeness (QED) is 0.0229. The lowest BCUT2D eigenvalue weighted by Gasteiger charge is -2.26. The van der Waals surface area contributed by atoms with E-state index in [-0.39, 0.29) is 30.8 Å². The summed E-state index contributed by atoms with van der Waals surface area (Å²) in [5, 5.41) is 43.2. The Kier molecular flexibility index (Phi) is 19.5. The highest BCUT2D eigenvalue weighted by molar-refractivity contribution is 8.76. The van der Waals surface area contributed by atoms with Crippen LogP contribution in [0.1, 0.15) is 23.6 Å². The summed E-state index contributed by atoms with van der Waals surface area (Å²) in [6.45, 7) is 3.99. The number of rotatable bonds is 25. The summed E-state index contributed by atoms with van der Waals surface area (Å²) < 4.78 is 0. The van der Waals surface area contributed by atoms with Crippen molar-refractivity contribution in [1.82, 2.24) is 31.6 Å². The Labute approximate surface area is 372 Å². The lowest BCUT2D eigenvalue weighted by Crippen LogP contribution is -2.59. The number of para-hydroxylation sites is 1. The molecule has 4 rings (SSSR count). The number of aliphatic hydroxyl groups is 3. The minimum Gasteiger partial charge on any atom is -0.511 e. The number of nitrogens with two attached hydrogens (primary N) is 3. The van der Waals surface area contributed by atoms with Crippen LogP contribution in [0.4, 0.5) is 0 Å². The molecule has 20 heteroatoms. The molecule has 0 aliphatic heterocycles. The molecular weight excluding hydrogens is 851 g/mol. The Hall–Kier alpha value is -5.90. The molecule has 0 aliphatic carbocycles. The van der Waals surface area contributed by atoms with Crippen LogP contribution in [-0.2, 0) is 48.0 Å². The van der Waals surface area contributed by atoms with Crippen LogP contribution in [0.25, 0.3) is 10.9 Å². The Morgan fingerprint density at radius 2 is 1.16 bits per heavy atom. The normalized spacial score (nSPS) is 15.0. The number of aromatic nitrogens is 1. The average Bonchev–Trinajstić information content (AvgIpc) is 3.67. The first kappa shape index (κ1) is 49.8. The summed E-state index contributed by atoms with van der Waals surface area (Å²) in [4.78, 5) is 83.7. The van der Waals surface area contributed by atoms with Crippen molar-refractivity contribution in [3.05, 3.63) is 120 Å². The fourth-order valence-electron chi connectivity index (χ4n) is 6.20. The number of benzene rings is 3. The van der Waals surface area contributed by atoms with E-state index in [4.69, 9.17) is 17.2 Å². The van der Waals surface area contributed by atoms with Crippen molar-refractivity contribution >= 4 is 67.9 Å². The molecule has 0 fully saturated rings. The maximum Gasteiger partial charge on any atom is 0.245 e. The van der Waals surface area contributed by atoms with Crippen LogP contribution in [0.2, 0.25) is 0 Å². The molecule has 0 radical (unpaired) electrons. The predicted molar refractivity (Wildman–Crippen MR) is 243 cm³/mol. The minimum absolute atomic E-state index is 0.00670. The zero-order chi connectivity index (χ0) is 46.1. The number of amides is 6. The van der Waals surface area contributed by atoms with Gasteiger partial charge in [0.1, 0.15) is 36.0 Å². The van der Waals surface area contributed by atoms with Gasteiger partial charge in [-0.15, -0.1) is 0 Å². The van der Waals surface area contributed by atoms with E-state index in [1.165, 1.54) is 6.92 Å². The third-order valence-electron chi connectivity index (χ3n) is 9.88. The summed E-state index contributed by atoms with van der Waals surface area (Å²) in [6.07, 6.45) is 0.775. The molecular formula is C43H55N9O9S2. The highest BCUT2D eigenvalue weighted by Crippen LogP contribution is 2.24. The highest BCUT2D eigenvalue weighted by Gasteiger charge is 2.32. The van der Waals surface area contributed by atoms with Gasteiger partial charge < -0.3 is 64.1 Å². The summed E-state index contributed by atoms with van der Waals surface area (Å²) in [5.74, 6) is -5.65. The standard InChI is InChI=1S/C43H55N9O9S2/c1-24(54)34(21-53)50-42(60)36(52-43(61)37(45)25(2)55)23-63-62-22-35(51-39(57)30(44)17-26-11-5-3-6-12-26)41(59)49-33(18-27-13-7-4-8-14-27)40(58)48-32(38(46)56)19-28-20-47-31-16-10-9-15-29(28)31/h3-16,20,24,30,32-37,47,53-55H,2,17-19,21-23,44-45H2,1H3,(H2,46,56)(H,48,58)(H,49,59)(H,50,60)(H,51,57)(H,52,61)/t24-,30-,32-,33+,34-,35+,36+,37+/m1/s1. The summed E-state index contributed by atoms with van der Waals surface area (Å²) >= 11 is 0. The first-order valence-corrected chi connectivity index (χ1v) is 22.4. The van der Waals surface area contributed by atoms with Gasteiger partial charge in [0.15, 0.2) is 0 Å². The van der Waals surface area contributed by atoms with Crippen LogP contribution in [0.3, 0.4) is 0 Å². The van der Waals surface area contributed by atoms with Crippen molar-refractivity contribution < 1.29 is 44.1 Å². The minimum atomic E-state index is -1.57. The van der Waals surface area contributed by atoms with E-state index in [9.17, 15) is 44.1 Å². The van der Waals surface area contributed by atoms with E-state index in [1.807, 2.05) is 30.3 Å². The number of aromatic amines is 1. The number of hydrogen-bond donors (Lipinski definition) is 12. The number of hydrogen-bond acceptors (Lipinski definition) is 13. The molecule has 0 saturated heterocycles. The number of carbonyl (C=O) groups is 6. The lowest BCUT2D eigenvalue weighted by atomic mass is 10.0. The van der Waals surface area contributed by atoms with Crippen LogP contribution >= 0.6 is 21.6 Å². The maximum atomic E-state index is 14.2. The van der Waals surface area contributed by atoms with Crippen LogP contribution in [0, 0.1) is 0 Å². The fourth-order valence-corrected chi connectivity index (χ4v) is 8.53. The first-order valence-electron chi connectivity index (χ1n) is 19.9. The van der Waals surface area contributed by atoms with E-state index in [1.54, 1.807) is 60.8 Å². The lowest BCUT2D eigenvalue weighted by molar-refractivity contribution is -0.133. The van der Waals surface area contributed by atoms with Crippen molar-refractivity contribution in [2.75, 3.05) is 18.1 Å². The van der Waals surface area contributed by atoms with Gasteiger partial charge in [-0.25, -0.2) is 0 Å². The molecule has 338 valence electrons. The van der Waals surface area contributed by atoms with Gasteiger partial charge in [0.05, 0.1) is 24.8 Å². The third-order valence-corrected chi connectivity index (χ3v) is 12.3. The third kappa shape index (κ3) is 15.4. The van der Waals surface area contributed by atoms with E-state index in [0.29, 0.717) is 5.56 Å². The molecule has 0 saturated carbocycles. The number of H-pyrrole nitrogens is 1. The molecule has 0 spiro atoms. The number of nitrogens with one attached hydrogen (secondary N) is 6. The van der Waals surface area contributed by atoms with Gasteiger partial charge in [0.2, 0.25) is 35.4 Å². The monoisotopic (exact) mass is 905 g/mol. The van der Waals surface area contributed by atoms with Crippen LogP contribution in [0.15, 0.2) is 103 Å². The van der Waals surface area contributed by atoms with Crippen LogP contribution in [-0.4, -0.2) is 122 Å². The van der Waals surface area contributed by atoms with E-state index in [2.05, 4.69) is 38.1 Å². The van der Waals surface area contributed by atoms with E-state index in [0.717, 1.165) is 43.6 Å². The average molecular weight is 906 g/mol. The SMILES string of the molecule is C=C(O)[C@H](N)C(=O)N[C@@H](CSSC[C@H](NC(=O)[C@H](N)Cc1ccccc1)C(=O)N[C@@H](Cc1ccccc1)C(=O)N[C@H](Cc1c[nH]c2ccccc12)C(N)=O)C(=O)N[C@H](CO)[C@@H](C)O. The van der Waals surface area contributed by atoms with Gasteiger partial charge >= 0.3 is 0 Å². The Balaban J connectivity index is 1.56. The second-order valence-electron chi connectivity index (χ2n) is 14.8. The largest absolute Gasteiger partial charge is 0.511 e. The molecule has 3 aromatic carbocycles. The zero-order valence-corrected chi connectivity index (χ0v) is 36.2. The predicted octanol–water partition coefficient (Wildman–Crippen LogP) is -0.414. The molecule has 1 heterocycles. The molecule has 15 N–H and O–H groups in total. The Morgan fingerprint density at radius 1 is 0.667 bits per heavy atom. The van der Waals surface area contributed by atoms with Crippen LogP contribution < -0.4 is 43.8 Å². The smallest absolute Gasteiger partial charge is 0.245 e. The van der Waals surface area contributed by atoms with E-state index >= 15 is 0 Å². The van der Waals surface area contributed by atoms with Crippen molar-refractivity contribution in [2.45, 2.75) is 74.6 Å². The van der Waals surface area contributed by atoms with Gasteiger partial charge in [-0.3, -0.25) is 28.8 Å². The van der Waals surface area contributed by atoms with Crippen LogP contribution in [0.5, 0.6) is 0 Å².